The van der Waals surface area contributed by atoms with Crippen LogP contribution in [0.5, 0.6) is 0 Å². The quantitative estimate of drug-likeness (QED) is 0.881. The number of rotatable bonds is 3. The maximum absolute atomic E-state index is 11.8. The van der Waals surface area contributed by atoms with Crippen molar-refractivity contribution in [2.75, 3.05) is 11.4 Å². The summed E-state index contributed by atoms with van der Waals surface area (Å²) in [6.45, 7) is 4.65. The Morgan fingerprint density at radius 2 is 1.94 bits per heavy atom. The molecule has 96 valence electrons. The fourth-order valence-electron chi connectivity index (χ4n) is 2.19. The molecule has 1 aliphatic heterocycles. The van der Waals surface area contributed by atoms with E-state index in [0.29, 0.717) is 12.5 Å². The van der Waals surface area contributed by atoms with Crippen LogP contribution in [0.1, 0.15) is 31.7 Å². The van der Waals surface area contributed by atoms with Gasteiger partial charge in [-0.3, -0.25) is 9.59 Å². The summed E-state index contributed by atoms with van der Waals surface area (Å²) in [4.78, 5) is 24.6. The summed E-state index contributed by atoms with van der Waals surface area (Å²) in [5, 5.41) is 0. The molecule has 1 unspecified atom stereocenters. The van der Waals surface area contributed by atoms with Gasteiger partial charge < -0.3 is 10.6 Å². The zero-order valence-electron chi connectivity index (χ0n) is 10.7. The van der Waals surface area contributed by atoms with Gasteiger partial charge in [-0.05, 0) is 23.6 Å². The number of carbonyl (C=O) groups excluding carboxylic acids is 2. The van der Waals surface area contributed by atoms with Crippen LogP contribution in [0.3, 0.4) is 0 Å². The number of hydrogen-bond donors (Lipinski definition) is 1. The number of anilines is 1. The number of amides is 2. The Bertz CT molecular complexity index is 465. The fraction of sp³-hybridized carbons (Fsp3) is 0.429. The Hall–Kier alpha value is -1.84. The van der Waals surface area contributed by atoms with E-state index in [2.05, 4.69) is 13.8 Å². The molecule has 1 aromatic carbocycles. The molecule has 1 heterocycles. The van der Waals surface area contributed by atoms with Crippen LogP contribution in [0.4, 0.5) is 5.69 Å². The van der Waals surface area contributed by atoms with Crippen LogP contribution in [0, 0.1) is 5.92 Å². The molecule has 0 radical (unpaired) electrons. The lowest BCUT2D eigenvalue weighted by atomic mass is 10.0. The molecule has 0 aliphatic carbocycles. The van der Waals surface area contributed by atoms with E-state index >= 15 is 0 Å². The smallest absolute Gasteiger partial charge is 0.227 e. The topological polar surface area (TPSA) is 63.4 Å². The van der Waals surface area contributed by atoms with Crippen LogP contribution in [0.25, 0.3) is 0 Å². The second kappa shape index (κ2) is 4.80. The summed E-state index contributed by atoms with van der Waals surface area (Å²) in [5.41, 5.74) is 7.32. The molecule has 1 aromatic rings. The van der Waals surface area contributed by atoms with E-state index in [1.807, 2.05) is 24.3 Å². The number of nitrogens with two attached hydrogens (primary N) is 1. The summed E-state index contributed by atoms with van der Waals surface area (Å²) >= 11 is 0. The van der Waals surface area contributed by atoms with E-state index in [9.17, 15) is 9.59 Å². The van der Waals surface area contributed by atoms with Gasteiger partial charge in [0.25, 0.3) is 0 Å². The lowest BCUT2D eigenvalue weighted by molar-refractivity contribution is -0.123. The monoisotopic (exact) mass is 246 g/mol. The molecule has 0 aromatic heterocycles. The van der Waals surface area contributed by atoms with Crippen molar-refractivity contribution >= 4 is 17.5 Å². The molecule has 2 N–H and O–H groups in total. The molecular formula is C14H18N2O2. The van der Waals surface area contributed by atoms with Crippen LogP contribution in [-0.2, 0) is 9.59 Å². The van der Waals surface area contributed by atoms with Crippen LogP contribution in [0.15, 0.2) is 24.3 Å². The number of carbonyl (C=O) groups is 2. The minimum Gasteiger partial charge on any atom is -0.369 e. The zero-order chi connectivity index (χ0) is 13.3. The minimum atomic E-state index is -0.398. The molecule has 1 saturated heterocycles. The highest BCUT2D eigenvalue weighted by molar-refractivity contribution is 6.00. The summed E-state index contributed by atoms with van der Waals surface area (Å²) < 4.78 is 0. The predicted octanol–water partition coefficient (Wildman–Crippen LogP) is 1.65. The van der Waals surface area contributed by atoms with E-state index in [-0.39, 0.29) is 18.2 Å². The van der Waals surface area contributed by atoms with Gasteiger partial charge in [0.2, 0.25) is 11.8 Å². The third-order valence-corrected chi connectivity index (χ3v) is 3.40. The third kappa shape index (κ3) is 2.37. The standard InChI is InChI=1S/C14H18N2O2/c1-9(2)10-3-5-12(6-4-10)16-8-11(14(15)18)7-13(16)17/h3-6,9,11H,7-8H2,1-2H3,(H2,15,18). The van der Waals surface area contributed by atoms with E-state index in [4.69, 9.17) is 5.73 Å². The molecule has 4 heteroatoms. The van der Waals surface area contributed by atoms with E-state index in [1.165, 1.54) is 5.56 Å². The van der Waals surface area contributed by atoms with Crippen LogP contribution in [0.2, 0.25) is 0 Å². The molecule has 0 saturated carbocycles. The van der Waals surface area contributed by atoms with Gasteiger partial charge in [0.15, 0.2) is 0 Å². The number of hydrogen-bond acceptors (Lipinski definition) is 2. The molecular weight excluding hydrogens is 228 g/mol. The van der Waals surface area contributed by atoms with Gasteiger partial charge >= 0.3 is 0 Å². The molecule has 1 fully saturated rings. The SMILES string of the molecule is CC(C)c1ccc(N2CC(C(N)=O)CC2=O)cc1. The van der Waals surface area contributed by atoms with Crippen molar-refractivity contribution in [1.29, 1.82) is 0 Å². The van der Waals surface area contributed by atoms with Gasteiger partial charge in [0, 0.05) is 18.7 Å². The lowest BCUT2D eigenvalue weighted by Gasteiger charge is -2.17. The average Bonchev–Trinajstić information content (AvgIpc) is 2.71. The maximum Gasteiger partial charge on any atom is 0.227 e. The third-order valence-electron chi connectivity index (χ3n) is 3.40. The molecule has 4 nitrogen and oxygen atoms in total. The summed E-state index contributed by atoms with van der Waals surface area (Å²) in [6.07, 6.45) is 0.223. The van der Waals surface area contributed by atoms with Gasteiger partial charge in [-0.25, -0.2) is 0 Å². The Morgan fingerprint density at radius 1 is 1.33 bits per heavy atom. The van der Waals surface area contributed by atoms with E-state index < -0.39 is 5.91 Å². The molecule has 0 spiro atoms. The first-order chi connectivity index (χ1) is 8.49. The Morgan fingerprint density at radius 3 is 2.39 bits per heavy atom. The van der Waals surface area contributed by atoms with Crippen molar-refractivity contribution in [3.8, 4) is 0 Å². The van der Waals surface area contributed by atoms with Crippen molar-refractivity contribution in [1.82, 2.24) is 0 Å². The largest absolute Gasteiger partial charge is 0.369 e. The molecule has 1 aliphatic rings. The van der Waals surface area contributed by atoms with Gasteiger partial charge in [-0.2, -0.15) is 0 Å². The second-order valence-electron chi connectivity index (χ2n) is 5.05. The molecule has 2 amide bonds. The molecule has 2 rings (SSSR count). The van der Waals surface area contributed by atoms with Crippen LogP contribution in [-0.4, -0.2) is 18.4 Å². The van der Waals surface area contributed by atoms with Gasteiger partial charge in [-0.1, -0.05) is 26.0 Å². The van der Waals surface area contributed by atoms with Crippen molar-refractivity contribution in [3.63, 3.8) is 0 Å². The summed E-state index contributed by atoms with van der Waals surface area (Å²) in [6, 6.07) is 7.89. The first-order valence-electron chi connectivity index (χ1n) is 6.18. The molecule has 18 heavy (non-hydrogen) atoms. The maximum atomic E-state index is 11.8. The highest BCUT2D eigenvalue weighted by Crippen LogP contribution is 2.26. The van der Waals surface area contributed by atoms with Crippen molar-refractivity contribution in [3.05, 3.63) is 29.8 Å². The second-order valence-corrected chi connectivity index (χ2v) is 5.05. The zero-order valence-corrected chi connectivity index (χ0v) is 10.7. The average molecular weight is 246 g/mol. The first kappa shape index (κ1) is 12.6. The Kier molecular flexibility index (Phi) is 3.36. The fourth-order valence-corrected chi connectivity index (χ4v) is 2.19. The first-order valence-corrected chi connectivity index (χ1v) is 6.18. The van der Waals surface area contributed by atoms with Crippen molar-refractivity contribution < 1.29 is 9.59 Å². The van der Waals surface area contributed by atoms with Crippen molar-refractivity contribution in [2.45, 2.75) is 26.2 Å². The van der Waals surface area contributed by atoms with Crippen molar-refractivity contribution in [2.24, 2.45) is 11.7 Å². The normalized spacial score (nSPS) is 19.6. The van der Waals surface area contributed by atoms with Crippen LogP contribution < -0.4 is 10.6 Å². The summed E-state index contributed by atoms with van der Waals surface area (Å²) in [7, 11) is 0. The predicted molar refractivity (Wildman–Crippen MR) is 70.2 cm³/mol. The van der Waals surface area contributed by atoms with E-state index in [0.717, 1.165) is 5.69 Å². The molecule has 1 atom stereocenters. The highest BCUT2D eigenvalue weighted by Gasteiger charge is 2.33. The Labute approximate surface area is 107 Å². The number of nitrogens with zero attached hydrogens (tertiary/aromatic N) is 1. The van der Waals surface area contributed by atoms with Gasteiger partial charge in [0.05, 0.1) is 5.92 Å². The molecule has 0 bridgehead atoms. The summed E-state index contributed by atoms with van der Waals surface area (Å²) in [5.74, 6) is -0.324. The lowest BCUT2D eigenvalue weighted by Crippen LogP contribution is -2.28. The van der Waals surface area contributed by atoms with Crippen LogP contribution >= 0.6 is 0 Å². The highest BCUT2D eigenvalue weighted by atomic mass is 16.2. The number of benzene rings is 1. The Balaban J connectivity index is 2.17. The minimum absolute atomic E-state index is 0.0314. The van der Waals surface area contributed by atoms with Gasteiger partial charge in [0.1, 0.15) is 0 Å². The van der Waals surface area contributed by atoms with E-state index in [1.54, 1.807) is 4.90 Å². The van der Waals surface area contributed by atoms with Gasteiger partial charge in [-0.15, -0.1) is 0 Å². The number of primary amides is 1.